The van der Waals surface area contributed by atoms with Crippen LogP contribution in [-0.4, -0.2) is 17.4 Å². The number of furan rings is 1. The van der Waals surface area contributed by atoms with Crippen LogP contribution < -0.4 is 10.5 Å². The zero-order valence-corrected chi connectivity index (χ0v) is 17.8. The molecule has 4 aromatic rings. The Morgan fingerprint density at radius 2 is 1.94 bits per heavy atom. The predicted octanol–water partition coefficient (Wildman–Crippen LogP) is 6.04. The summed E-state index contributed by atoms with van der Waals surface area (Å²) in [5.74, 6) is 1.45. The largest absolute Gasteiger partial charge is 0.494 e. The van der Waals surface area contributed by atoms with Gasteiger partial charge in [0.1, 0.15) is 11.5 Å². The fourth-order valence-electron chi connectivity index (χ4n) is 4.25. The lowest BCUT2D eigenvalue weighted by Gasteiger charge is -2.24. The van der Waals surface area contributed by atoms with Crippen molar-refractivity contribution in [2.75, 3.05) is 12.3 Å². The fourth-order valence-corrected chi connectivity index (χ4v) is 4.48. The Bertz CT molecular complexity index is 1290. The van der Waals surface area contributed by atoms with E-state index in [1.165, 1.54) is 0 Å². The zero-order chi connectivity index (χ0) is 21.5. The number of nitrogens with zero attached hydrogens (tertiary/aromatic N) is 1. The summed E-state index contributed by atoms with van der Waals surface area (Å²) in [5, 5.41) is 1.22. The third kappa shape index (κ3) is 3.45. The summed E-state index contributed by atoms with van der Waals surface area (Å²) in [6.45, 7) is 2.57. The highest BCUT2D eigenvalue weighted by Gasteiger charge is 2.31. The molecular weight excluding hydrogens is 412 g/mol. The Morgan fingerprint density at radius 3 is 2.68 bits per heavy atom. The lowest BCUT2D eigenvalue weighted by Crippen LogP contribution is -2.21. The summed E-state index contributed by atoms with van der Waals surface area (Å²) in [5.41, 5.74) is 10.3. The van der Waals surface area contributed by atoms with E-state index in [4.69, 9.17) is 31.5 Å². The molecular formula is C25H21ClN2O3. The monoisotopic (exact) mass is 432 g/mol. The van der Waals surface area contributed by atoms with Crippen molar-refractivity contribution in [3.8, 4) is 17.1 Å². The third-order valence-corrected chi connectivity index (χ3v) is 6.08. The van der Waals surface area contributed by atoms with Crippen molar-refractivity contribution in [2.24, 2.45) is 0 Å². The number of nitrogens with two attached hydrogens (primary N) is 1. The van der Waals surface area contributed by atoms with E-state index in [-0.39, 0.29) is 11.7 Å². The number of fused-ring (bicyclic) bond motifs is 2. The highest BCUT2D eigenvalue weighted by atomic mass is 35.5. The number of nitrogen functional groups attached to an aromatic ring is 1. The normalized spacial score (nSPS) is 15.8. The highest BCUT2D eigenvalue weighted by Crippen LogP contribution is 2.40. The van der Waals surface area contributed by atoms with Crippen LogP contribution in [0.3, 0.4) is 0 Å². The predicted molar refractivity (Wildman–Crippen MR) is 122 cm³/mol. The van der Waals surface area contributed by atoms with E-state index in [2.05, 4.69) is 0 Å². The molecule has 0 saturated carbocycles. The Hall–Kier alpha value is -3.31. The topological polar surface area (TPSA) is 78.3 Å². The number of carbonyl (C=O) groups is 1. The second-order valence-electron chi connectivity index (χ2n) is 7.69. The van der Waals surface area contributed by atoms with Crippen LogP contribution in [0.2, 0.25) is 5.02 Å². The average Bonchev–Trinajstić information content (AvgIpc) is 3.19. The van der Waals surface area contributed by atoms with Crippen LogP contribution in [0.15, 0.2) is 59.0 Å². The molecule has 2 aromatic heterocycles. The number of halogens is 1. The molecule has 0 amide bonds. The lowest BCUT2D eigenvalue weighted by atomic mass is 9.81. The van der Waals surface area contributed by atoms with Crippen LogP contribution in [0.4, 0.5) is 5.69 Å². The molecule has 0 saturated heterocycles. The van der Waals surface area contributed by atoms with Crippen molar-refractivity contribution in [1.29, 1.82) is 0 Å². The van der Waals surface area contributed by atoms with E-state index in [1.807, 2.05) is 55.5 Å². The molecule has 5 nitrogen and oxygen atoms in total. The van der Waals surface area contributed by atoms with Crippen molar-refractivity contribution in [2.45, 2.75) is 25.7 Å². The van der Waals surface area contributed by atoms with E-state index < -0.39 is 0 Å². The van der Waals surface area contributed by atoms with Gasteiger partial charge < -0.3 is 14.9 Å². The number of aromatic nitrogens is 1. The van der Waals surface area contributed by atoms with E-state index >= 15 is 0 Å². The van der Waals surface area contributed by atoms with Crippen molar-refractivity contribution in [3.63, 3.8) is 0 Å². The van der Waals surface area contributed by atoms with Gasteiger partial charge in [0.15, 0.2) is 5.78 Å². The maximum atomic E-state index is 13.0. The quantitative estimate of drug-likeness (QED) is 0.425. The van der Waals surface area contributed by atoms with Gasteiger partial charge in [0, 0.05) is 12.0 Å². The number of pyridine rings is 1. The molecule has 0 radical (unpaired) electrons. The Labute approximate surface area is 184 Å². The number of carbonyl (C=O) groups excluding carboxylic acids is 1. The summed E-state index contributed by atoms with van der Waals surface area (Å²) >= 11 is 6.32. The molecule has 0 spiro atoms. The number of rotatable bonds is 4. The Kier molecular flexibility index (Phi) is 4.91. The first-order valence-electron chi connectivity index (χ1n) is 10.3. The minimum Gasteiger partial charge on any atom is -0.494 e. The minimum atomic E-state index is 0.00697. The molecule has 0 fully saturated rings. The maximum Gasteiger partial charge on any atom is 0.229 e. The minimum absolute atomic E-state index is 0.00697. The molecule has 5 rings (SSSR count). The van der Waals surface area contributed by atoms with Crippen LogP contribution in [0.25, 0.3) is 22.4 Å². The zero-order valence-electron chi connectivity index (χ0n) is 17.0. The number of Topliss-reactive ketones (excluding diaryl/α,β-unsaturated/α-hetero) is 1. The van der Waals surface area contributed by atoms with Crippen LogP contribution in [-0.2, 0) is 6.42 Å². The summed E-state index contributed by atoms with van der Waals surface area (Å²) in [6.07, 6.45) is 1.02. The maximum absolute atomic E-state index is 13.0. The number of benzene rings is 2. The van der Waals surface area contributed by atoms with Gasteiger partial charge in [-0.2, -0.15) is 0 Å². The third-order valence-electron chi connectivity index (χ3n) is 5.75. The van der Waals surface area contributed by atoms with E-state index in [0.717, 1.165) is 16.9 Å². The summed E-state index contributed by atoms with van der Waals surface area (Å²) in [7, 11) is 0. The SMILES string of the molecule is CCOc1ccc([C@@H]2CC(=O)c3c(nc4oc(-c5ccccc5Cl)cc4c3N)C2)cc1. The van der Waals surface area contributed by atoms with E-state index in [9.17, 15) is 4.79 Å². The molecule has 2 aromatic carbocycles. The number of hydrogen-bond acceptors (Lipinski definition) is 5. The first-order chi connectivity index (χ1) is 15.0. The lowest BCUT2D eigenvalue weighted by molar-refractivity contribution is 0.0964. The molecule has 6 heteroatoms. The summed E-state index contributed by atoms with van der Waals surface area (Å²) in [6, 6.07) is 17.1. The molecule has 1 aliphatic carbocycles. The van der Waals surface area contributed by atoms with Gasteiger partial charge in [-0.15, -0.1) is 0 Å². The van der Waals surface area contributed by atoms with Crippen LogP contribution in [0.5, 0.6) is 5.75 Å². The number of ketones is 1. The molecule has 2 N–H and O–H groups in total. The number of anilines is 1. The molecule has 156 valence electrons. The standard InChI is InChI=1S/C25H21ClN2O3/c1-2-30-16-9-7-14(8-10-16)15-11-20-23(21(29)12-15)24(27)18-13-22(31-25(18)28-20)17-5-3-4-6-19(17)26/h3-10,13,15H,2,11-12H2,1H3,(H2,27,28)/t15-/m0/s1. The second-order valence-corrected chi connectivity index (χ2v) is 8.09. The molecule has 0 unspecified atom stereocenters. The first kappa shape index (κ1) is 19.6. The van der Waals surface area contributed by atoms with Gasteiger partial charge in [-0.25, -0.2) is 4.98 Å². The van der Waals surface area contributed by atoms with Crippen LogP contribution in [0.1, 0.15) is 40.9 Å². The molecule has 1 atom stereocenters. The van der Waals surface area contributed by atoms with Gasteiger partial charge in [-0.1, -0.05) is 35.9 Å². The van der Waals surface area contributed by atoms with Gasteiger partial charge in [-0.3, -0.25) is 4.79 Å². The summed E-state index contributed by atoms with van der Waals surface area (Å²) in [4.78, 5) is 17.7. The van der Waals surface area contributed by atoms with Gasteiger partial charge in [-0.05, 0) is 55.2 Å². The fraction of sp³-hybridized carbons (Fsp3) is 0.200. The molecule has 2 heterocycles. The first-order valence-corrected chi connectivity index (χ1v) is 10.7. The van der Waals surface area contributed by atoms with Crippen molar-refractivity contribution < 1.29 is 13.9 Å². The van der Waals surface area contributed by atoms with Crippen molar-refractivity contribution in [1.82, 2.24) is 4.98 Å². The molecule has 0 aliphatic heterocycles. The molecule has 1 aliphatic rings. The number of ether oxygens (including phenoxy) is 1. The van der Waals surface area contributed by atoms with Gasteiger partial charge in [0.25, 0.3) is 0 Å². The van der Waals surface area contributed by atoms with Gasteiger partial charge >= 0.3 is 0 Å². The van der Waals surface area contributed by atoms with Crippen molar-refractivity contribution >= 4 is 34.2 Å². The Balaban J connectivity index is 1.54. The number of hydrogen-bond donors (Lipinski definition) is 1. The Morgan fingerprint density at radius 1 is 1.16 bits per heavy atom. The summed E-state index contributed by atoms with van der Waals surface area (Å²) < 4.78 is 11.5. The molecule has 31 heavy (non-hydrogen) atoms. The van der Waals surface area contributed by atoms with Gasteiger partial charge in [0.05, 0.1) is 34.0 Å². The second kappa shape index (κ2) is 7.75. The highest BCUT2D eigenvalue weighted by molar-refractivity contribution is 6.33. The van der Waals surface area contributed by atoms with E-state index in [1.54, 1.807) is 6.07 Å². The van der Waals surface area contributed by atoms with Crippen LogP contribution >= 0.6 is 11.6 Å². The average molecular weight is 433 g/mol. The van der Waals surface area contributed by atoms with Crippen molar-refractivity contribution in [3.05, 3.63) is 76.4 Å². The van der Waals surface area contributed by atoms with E-state index in [0.29, 0.717) is 58.3 Å². The molecule has 0 bridgehead atoms. The van der Waals surface area contributed by atoms with Crippen LogP contribution in [0, 0.1) is 0 Å². The van der Waals surface area contributed by atoms with Gasteiger partial charge in [0.2, 0.25) is 5.71 Å². The smallest absolute Gasteiger partial charge is 0.229 e.